The van der Waals surface area contributed by atoms with Gasteiger partial charge in [-0.3, -0.25) is 4.90 Å². The summed E-state index contributed by atoms with van der Waals surface area (Å²) in [5, 5.41) is 0. The van der Waals surface area contributed by atoms with E-state index in [-0.39, 0.29) is 5.60 Å². The first kappa shape index (κ1) is 11.9. The molecule has 2 heterocycles. The van der Waals surface area contributed by atoms with Gasteiger partial charge in [0.1, 0.15) is 0 Å². The van der Waals surface area contributed by atoms with E-state index in [2.05, 4.69) is 18.7 Å². The van der Waals surface area contributed by atoms with Crippen LogP contribution in [0.2, 0.25) is 0 Å². The zero-order chi connectivity index (χ0) is 12.1. The number of nitrogens with zero attached hydrogens (tertiary/aromatic N) is 1. The summed E-state index contributed by atoms with van der Waals surface area (Å²) in [5.74, 6) is 0.719. The van der Waals surface area contributed by atoms with E-state index in [1.165, 1.54) is 25.8 Å². The number of ether oxygens (including phenoxy) is 2. The molecular weight excluding hydrogens is 214 g/mol. The van der Waals surface area contributed by atoms with Gasteiger partial charge in [0.05, 0.1) is 18.8 Å². The molecule has 2 aliphatic heterocycles. The van der Waals surface area contributed by atoms with E-state index < -0.39 is 0 Å². The zero-order valence-corrected chi connectivity index (χ0v) is 11.4. The second-order valence-electron chi connectivity index (χ2n) is 6.85. The molecule has 3 heteroatoms. The highest BCUT2D eigenvalue weighted by Gasteiger charge is 2.52. The molecule has 2 saturated heterocycles. The predicted octanol–water partition coefficient (Wildman–Crippen LogP) is 1.91. The molecule has 0 radical (unpaired) electrons. The van der Waals surface area contributed by atoms with Crippen molar-refractivity contribution in [3.63, 3.8) is 0 Å². The van der Waals surface area contributed by atoms with Crippen LogP contribution in [-0.4, -0.2) is 50.0 Å². The van der Waals surface area contributed by atoms with Gasteiger partial charge in [0, 0.05) is 32.2 Å². The quantitative estimate of drug-likeness (QED) is 0.751. The van der Waals surface area contributed by atoms with Crippen molar-refractivity contribution in [2.24, 2.45) is 11.3 Å². The van der Waals surface area contributed by atoms with Crippen LogP contribution in [0.25, 0.3) is 0 Å². The van der Waals surface area contributed by atoms with Crippen LogP contribution >= 0.6 is 0 Å². The lowest BCUT2D eigenvalue weighted by Gasteiger charge is -2.44. The summed E-state index contributed by atoms with van der Waals surface area (Å²) in [6, 6.07) is 0.637. The molecule has 3 nitrogen and oxygen atoms in total. The smallest absolute Gasteiger partial charge is 0.0805 e. The molecule has 0 amide bonds. The van der Waals surface area contributed by atoms with Crippen molar-refractivity contribution in [3.05, 3.63) is 0 Å². The monoisotopic (exact) mass is 239 g/mol. The standard InChI is InChI=1S/C14H25NO2/c1-13(2)9-15(12-8-17-7-11(12)13)10-14(16-3)5-4-6-14/h11-12H,4-10H2,1-3H3/t11-,12+/m1/s1. The minimum atomic E-state index is 0.160. The molecule has 3 fully saturated rings. The van der Waals surface area contributed by atoms with Gasteiger partial charge in [0.25, 0.3) is 0 Å². The Bertz CT molecular complexity index is 293. The highest BCUT2D eigenvalue weighted by Crippen LogP contribution is 2.45. The molecule has 0 bridgehead atoms. The lowest BCUT2D eigenvalue weighted by atomic mass is 9.79. The van der Waals surface area contributed by atoms with Crippen molar-refractivity contribution in [1.29, 1.82) is 0 Å². The number of methoxy groups -OCH3 is 1. The van der Waals surface area contributed by atoms with Crippen LogP contribution in [0, 0.1) is 11.3 Å². The number of hydrogen-bond donors (Lipinski definition) is 0. The van der Waals surface area contributed by atoms with Gasteiger partial charge < -0.3 is 9.47 Å². The second kappa shape index (κ2) is 3.94. The van der Waals surface area contributed by atoms with Crippen LogP contribution in [0.5, 0.6) is 0 Å². The maximum Gasteiger partial charge on any atom is 0.0805 e. The first-order chi connectivity index (χ1) is 8.06. The van der Waals surface area contributed by atoms with Crippen molar-refractivity contribution in [2.45, 2.75) is 44.8 Å². The molecule has 0 N–H and O–H groups in total. The molecule has 1 saturated carbocycles. The first-order valence-corrected chi connectivity index (χ1v) is 6.93. The van der Waals surface area contributed by atoms with E-state index >= 15 is 0 Å². The molecule has 17 heavy (non-hydrogen) atoms. The Hall–Kier alpha value is -0.120. The highest BCUT2D eigenvalue weighted by molar-refractivity contribution is 5.04. The summed E-state index contributed by atoms with van der Waals surface area (Å²) >= 11 is 0. The molecular formula is C14H25NO2. The van der Waals surface area contributed by atoms with Gasteiger partial charge >= 0.3 is 0 Å². The van der Waals surface area contributed by atoms with Crippen molar-refractivity contribution < 1.29 is 9.47 Å². The van der Waals surface area contributed by atoms with E-state index in [4.69, 9.17) is 9.47 Å². The number of likely N-dealkylation sites (tertiary alicyclic amines) is 1. The Morgan fingerprint density at radius 3 is 2.65 bits per heavy atom. The van der Waals surface area contributed by atoms with Crippen LogP contribution in [0.1, 0.15) is 33.1 Å². The summed E-state index contributed by atoms with van der Waals surface area (Å²) in [6.07, 6.45) is 3.80. The van der Waals surface area contributed by atoms with Crippen molar-refractivity contribution in [3.8, 4) is 0 Å². The van der Waals surface area contributed by atoms with E-state index in [9.17, 15) is 0 Å². The average Bonchev–Trinajstić information content (AvgIpc) is 2.77. The molecule has 0 aromatic carbocycles. The molecule has 98 valence electrons. The van der Waals surface area contributed by atoms with E-state index in [0.717, 1.165) is 25.7 Å². The van der Waals surface area contributed by atoms with Crippen LogP contribution in [0.4, 0.5) is 0 Å². The molecule has 3 rings (SSSR count). The Balaban J connectivity index is 1.72. The number of rotatable bonds is 3. The van der Waals surface area contributed by atoms with Gasteiger partial charge in [-0.05, 0) is 24.7 Å². The third kappa shape index (κ3) is 1.83. The largest absolute Gasteiger partial charge is 0.379 e. The van der Waals surface area contributed by atoms with Crippen LogP contribution < -0.4 is 0 Å². The summed E-state index contributed by atoms with van der Waals surface area (Å²) in [4.78, 5) is 2.64. The number of fused-ring (bicyclic) bond motifs is 1. The van der Waals surface area contributed by atoms with E-state index in [0.29, 0.717) is 11.5 Å². The van der Waals surface area contributed by atoms with Crippen LogP contribution in [0.3, 0.4) is 0 Å². The van der Waals surface area contributed by atoms with Crippen molar-refractivity contribution in [2.75, 3.05) is 33.4 Å². The minimum absolute atomic E-state index is 0.160. The van der Waals surface area contributed by atoms with Gasteiger partial charge in [-0.25, -0.2) is 0 Å². The Kier molecular flexibility index (Phi) is 2.77. The molecule has 0 aromatic heterocycles. The second-order valence-corrected chi connectivity index (χ2v) is 6.85. The first-order valence-electron chi connectivity index (χ1n) is 6.93. The molecule has 0 unspecified atom stereocenters. The SMILES string of the molecule is COC1(CN2CC(C)(C)[C@@H]3COC[C@@H]32)CCC1. The lowest BCUT2D eigenvalue weighted by molar-refractivity contribution is -0.0950. The molecule has 2 atom stereocenters. The third-order valence-electron chi connectivity index (χ3n) is 5.32. The summed E-state index contributed by atoms with van der Waals surface area (Å²) in [6.45, 7) is 8.97. The fraction of sp³-hybridized carbons (Fsp3) is 1.00. The van der Waals surface area contributed by atoms with E-state index in [1.54, 1.807) is 0 Å². The average molecular weight is 239 g/mol. The van der Waals surface area contributed by atoms with Crippen LogP contribution in [-0.2, 0) is 9.47 Å². The Labute approximate surface area is 104 Å². The minimum Gasteiger partial charge on any atom is -0.379 e. The Morgan fingerprint density at radius 2 is 2.06 bits per heavy atom. The predicted molar refractivity (Wildman–Crippen MR) is 67.0 cm³/mol. The van der Waals surface area contributed by atoms with Gasteiger partial charge in [-0.15, -0.1) is 0 Å². The van der Waals surface area contributed by atoms with Crippen LogP contribution in [0.15, 0.2) is 0 Å². The summed E-state index contributed by atoms with van der Waals surface area (Å²) < 4.78 is 11.5. The van der Waals surface area contributed by atoms with Gasteiger partial charge in [0.2, 0.25) is 0 Å². The fourth-order valence-electron chi connectivity index (χ4n) is 3.95. The van der Waals surface area contributed by atoms with Gasteiger partial charge in [0.15, 0.2) is 0 Å². The summed E-state index contributed by atoms with van der Waals surface area (Å²) in [7, 11) is 1.88. The lowest BCUT2D eigenvalue weighted by Crippen LogP contribution is -2.51. The van der Waals surface area contributed by atoms with E-state index in [1.807, 2.05) is 7.11 Å². The molecule has 0 spiro atoms. The van der Waals surface area contributed by atoms with Gasteiger partial charge in [-0.2, -0.15) is 0 Å². The van der Waals surface area contributed by atoms with Crippen molar-refractivity contribution >= 4 is 0 Å². The normalized spacial score (nSPS) is 39.0. The van der Waals surface area contributed by atoms with Crippen molar-refractivity contribution in [1.82, 2.24) is 4.90 Å². The maximum atomic E-state index is 5.77. The Morgan fingerprint density at radius 1 is 1.29 bits per heavy atom. The summed E-state index contributed by atoms with van der Waals surface area (Å²) in [5.41, 5.74) is 0.563. The topological polar surface area (TPSA) is 21.7 Å². The third-order valence-corrected chi connectivity index (χ3v) is 5.32. The van der Waals surface area contributed by atoms with Gasteiger partial charge in [-0.1, -0.05) is 13.8 Å². The molecule has 1 aliphatic carbocycles. The molecule has 3 aliphatic rings. The highest BCUT2D eigenvalue weighted by atomic mass is 16.5. The fourth-order valence-corrected chi connectivity index (χ4v) is 3.95. The number of hydrogen-bond acceptors (Lipinski definition) is 3. The molecule has 0 aromatic rings. The zero-order valence-electron chi connectivity index (χ0n) is 11.4. The maximum absolute atomic E-state index is 5.77.